The van der Waals surface area contributed by atoms with E-state index in [9.17, 15) is 23.7 Å². The molecule has 7 atom stereocenters. The topological polar surface area (TPSA) is 138 Å². The van der Waals surface area contributed by atoms with Gasteiger partial charge in [0, 0.05) is 12.8 Å². The highest BCUT2D eigenvalue weighted by molar-refractivity contribution is 7.61. The predicted octanol–water partition coefficient (Wildman–Crippen LogP) is 8.58. The van der Waals surface area contributed by atoms with Gasteiger partial charge in [-0.2, -0.15) is 4.31 Å². The average Bonchev–Trinajstić information content (AvgIpc) is 2.87. The Morgan fingerprint density at radius 3 is 1.77 bits per heavy atom. The molecule has 10 nitrogen and oxygen atoms in total. The van der Waals surface area contributed by atoms with Gasteiger partial charge in [0.1, 0.15) is 6.61 Å². The van der Waals surface area contributed by atoms with Gasteiger partial charge >= 0.3 is 21.6 Å². The monoisotopic (exact) mass is 648 g/mol. The third-order valence-electron chi connectivity index (χ3n) is 7.70. The van der Waals surface area contributed by atoms with Crippen molar-refractivity contribution in [2.24, 2.45) is 17.8 Å². The third kappa shape index (κ3) is 17.1. The van der Waals surface area contributed by atoms with Crippen LogP contribution in [0.1, 0.15) is 101 Å². The summed E-state index contributed by atoms with van der Waals surface area (Å²) in [7, 11) is -9.98. The first-order valence-electron chi connectivity index (χ1n) is 15.0. The molecule has 1 fully saturated rings. The average molecular weight is 649 g/mol. The number of carbonyl (C=O) groups is 1. The van der Waals surface area contributed by atoms with Crippen LogP contribution >= 0.6 is 15.6 Å². The maximum absolute atomic E-state index is 12.6. The second kappa shape index (κ2) is 19.2. The quantitative estimate of drug-likeness (QED) is 0.0844. The zero-order valence-corrected chi connectivity index (χ0v) is 29.2. The van der Waals surface area contributed by atoms with Crippen molar-refractivity contribution in [3.8, 4) is 0 Å². The summed E-state index contributed by atoms with van der Waals surface area (Å²) < 4.78 is 50.3. The lowest BCUT2D eigenvalue weighted by Crippen LogP contribution is -2.47. The molecule has 4 unspecified atom stereocenters. The largest absolute Gasteiger partial charge is 0.483 e. The molecule has 0 radical (unpaired) electrons. The van der Waals surface area contributed by atoms with Gasteiger partial charge in [-0.05, 0) is 85.0 Å². The standard InChI is InChI=1S/C31H54O10P2/c1-22(2)13-10-14-23(3)15-11-16-24(4)17-12-18-25(5)19-20-38-42(33,34)41-43(35,36)40-31-28(8)26(6)27(7)30(39-31)21-37-29(9)32/h13,15,17,19,26-28,30-31H,10-12,14,16,18,20-21H2,1-9H3,(H,33,34)(H,35,36)/b23-15-,24-17-,25-19-/t26-,27-,28?,30?,31+/m0/s1. The molecule has 1 saturated heterocycles. The first kappa shape index (κ1) is 39.7. The van der Waals surface area contributed by atoms with Gasteiger partial charge in [0.2, 0.25) is 0 Å². The van der Waals surface area contributed by atoms with Crippen molar-refractivity contribution in [2.75, 3.05) is 13.2 Å². The zero-order chi connectivity index (χ0) is 32.8. The van der Waals surface area contributed by atoms with Crippen molar-refractivity contribution in [3.05, 3.63) is 46.6 Å². The molecule has 0 spiro atoms. The van der Waals surface area contributed by atoms with Crippen LogP contribution < -0.4 is 0 Å². The lowest BCUT2D eigenvalue weighted by Gasteiger charge is -2.43. The first-order valence-corrected chi connectivity index (χ1v) is 18.0. The Kier molecular flexibility index (Phi) is 17.7. The van der Waals surface area contributed by atoms with Crippen molar-refractivity contribution in [1.29, 1.82) is 0 Å². The van der Waals surface area contributed by atoms with Crippen molar-refractivity contribution >= 4 is 21.6 Å². The Hall–Kier alpha value is -1.35. The SMILES string of the molecule is CC(=O)OCC1O[C@H](OP(=O)(O)OP(=O)(O)OC/C=C(/C)CC/C=C(/C)CC/C=C(/C)CCC=C(C)C)C(C)[C@@H](C)[C@@H]1C. The number of esters is 1. The van der Waals surface area contributed by atoms with E-state index in [1.807, 2.05) is 20.8 Å². The van der Waals surface area contributed by atoms with Crippen LogP contribution in [0.25, 0.3) is 0 Å². The van der Waals surface area contributed by atoms with E-state index in [2.05, 4.69) is 50.2 Å². The highest BCUT2D eigenvalue weighted by Crippen LogP contribution is 2.61. The second-order valence-electron chi connectivity index (χ2n) is 11.9. The van der Waals surface area contributed by atoms with Crippen molar-refractivity contribution < 1.29 is 46.5 Å². The predicted molar refractivity (Wildman–Crippen MR) is 169 cm³/mol. The summed E-state index contributed by atoms with van der Waals surface area (Å²) in [5.74, 6) is -0.909. The smallest absolute Gasteiger partial charge is 0.463 e. The van der Waals surface area contributed by atoms with Gasteiger partial charge in [-0.25, -0.2) is 9.13 Å². The lowest BCUT2D eigenvalue weighted by atomic mass is 9.79. The number of hydrogen-bond donors (Lipinski definition) is 2. The summed E-state index contributed by atoms with van der Waals surface area (Å²) in [4.78, 5) is 31.5. The Morgan fingerprint density at radius 1 is 0.744 bits per heavy atom. The zero-order valence-electron chi connectivity index (χ0n) is 27.4. The molecule has 0 aromatic heterocycles. The molecular formula is C31H54O10P2. The first-order chi connectivity index (χ1) is 19.9. The van der Waals surface area contributed by atoms with E-state index in [-0.39, 0.29) is 31.0 Å². The Morgan fingerprint density at radius 2 is 1.26 bits per heavy atom. The number of ether oxygens (including phenoxy) is 2. The highest BCUT2D eigenvalue weighted by Gasteiger charge is 2.45. The van der Waals surface area contributed by atoms with Gasteiger partial charge < -0.3 is 19.3 Å². The van der Waals surface area contributed by atoms with Crippen LogP contribution in [0.5, 0.6) is 0 Å². The number of allylic oxidation sites excluding steroid dienone is 7. The molecule has 248 valence electrons. The summed E-state index contributed by atoms with van der Waals surface area (Å²) >= 11 is 0. The van der Waals surface area contributed by atoms with Crippen molar-refractivity contribution in [1.82, 2.24) is 0 Å². The van der Waals surface area contributed by atoms with Gasteiger partial charge in [0.05, 0.1) is 12.7 Å². The molecule has 43 heavy (non-hydrogen) atoms. The minimum atomic E-state index is -5.05. The van der Waals surface area contributed by atoms with Gasteiger partial charge in [-0.1, -0.05) is 67.4 Å². The minimum Gasteiger partial charge on any atom is -0.463 e. The maximum Gasteiger partial charge on any atom is 0.483 e. The fourth-order valence-electron chi connectivity index (χ4n) is 4.56. The number of hydrogen-bond acceptors (Lipinski definition) is 8. The molecular weight excluding hydrogens is 594 g/mol. The van der Waals surface area contributed by atoms with Gasteiger partial charge in [0.15, 0.2) is 6.29 Å². The minimum absolute atomic E-state index is 0.0353. The van der Waals surface area contributed by atoms with E-state index in [0.29, 0.717) is 0 Å². The van der Waals surface area contributed by atoms with Crippen LogP contribution in [0.2, 0.25) is 0 Å². The molecule has 0 saturated carbocycles. The normalized spacial score (nSPS) is 26.4. The summed E-state index contributed by atoms with van der Waals surface area (Å²) in [6, 6.07) is 0. The molecule has 1 aliphatic rings. The van der Waals surface area contributed by atoms with Gasteiger partial charge in [-0.15, -0.1) is 0 Å². The van der Waals surface area contributed by atoms with Crippen LogP contribution in [0, 0.1) is 17.8 Å². The van der Waals surface area contributed by atoms with E-state index in [1.54, 1.807) is 13.0 Å². The summed E-state index contributed by atoms with van der Waals surface area (Å²) in [5, 5.41) is 0. The Bertz CT molecular complexity index is 1110. The fraction of sp³-hybridized carbons (Fsp3) is 0.710. The molecule has 0 aliphatic carbocycles. The summed E-state index contributed by atoms with van der Waals surface area (Å²) in [6.07, 6.45) is 12.3. The van der Waals surface area contributed by atoms with E-state index < -0.39 is 34.0 Å². The highest BCUT2D eigenvalue weighted by atomic mass is 31.3. The van der Waals surface area contributed by atoms with E-state index in [0.717, 1.165) is 44.1 Å². The Labute approximate surface area is 258 Å². The van der Waals surface area contributed by atoms with Crippen LogP contribution in [-0.4, -0.2) is 41.4 Å². The number of carbonyl (C=O) groups excluding carboxylic acids is 1. The van der Waals surface area contributed by atoms with Crippen LogP contribution in [0.15, 0.2) is 46.6 Å². The molecule has 0 bridgehead atoms. The second-order valence-corrected chi connectivity index (χ2v) is 14.9. The summed E-state index contributed by atoms with van der Waals surface area (Å²) in [6.45, 7) is 16.9. The van der Waals surface area contributed by atoms with Gasteiger partial charge in [0.25, 0.3) is 0 Å². The van der Waals surface area contributed by atoms with Gasteiger partial charge in [-0.3, -0.25) is 13.8 Å². The molecule has 0 aromatic carbocycles. The maximum atomic E-state index is 12.6. The molecule has 12 heteroatoms. The summed E-state index contributed by atoms with van der Waals surface area (Å²) in [5.41, 5.74) is 5.00. The van der Waals surface area contributed by atoms with Crippen LogP contribution in [-0.2, 0) is 36.8 Å². The fourth-order valence-corrected chi connectivity index (χ4v) is 6.72. The van der Waals surface area contributed by atoms with E-state index >= 15 is 0 Å². The van der Waals surface area contributed by atoms with E-state index in [4.69, 9.17) is 18.5 Å². The molecule has 1 rings (SSSR count). The molecule has 0 amide bonds. The molecule has 0 aromatic rings. The Balaban J connectivity index is 2.53. The third-order valence-corrected chi connectivity index (χ3v) is 10.3. The number of rotatable bonds is 18. The van der Waals surface area contributed by atoms with Crippen molar-refractivity contribution in [3.63, 3.8) is 0 Å². The number of phosphoric acid groups is 2. The molecule has 1 heterocycles. The lowest BCUT2D eigenvalue weighted by molar-refractivity contribution is -0.227. The van der Waals surface area contributed by atoms with E-state index in [1.165, 1.54) is 23.6 Å². The van der Waals surface area contributed by atoms with Crippen LogP contribution in [0.3, 0.4) is 0 Å². The molecule has 1 aliphatic heterocycles. The van der Waals surface area contributed by atoms with Crippen molar-refractivity contribution in [2.45, 2.75) is 113 Å². The number of phosphoric ester groups is 2. The van der Waals surface area contributed by atoms with Crippen LogP contribution in [0.4, 0.5) is 0 Å². The molecule has 2 N–H and O–H groups in total.